The maximum atomic E-state index is 5.79. The summed E-state index contributed by atoms with van der Waals surface area (Å²) < 4.78 is 5.79. The fourth-order valence-electron chi connectivity index (χ4n) is 3.23. The zero-order valence-corrected chi connectivity index (χ0v) is 15.7. The monoisotopic (exact) mass is 415 g/mol. The summed E-state index contributed by atoms with van der Waals surface area (Å²) in [5, 5.41) is 6.83. The van der Waals surface area contributed by atoms with Crippen LogP contribution in [0.5, 0.6) is 0 Å². The van der Waals surface area contributed by atoms with E-state index in [1.54, 1.807) is 0 Å². The first kappa shape index (κ1) is 17.5. The standard InChI is InChI=1S/C17H25N3O.HI/c1-17(8-5-9-21-17)12-20-16(18-2)19-11-14-10-13-6-3-4-7-15(13)14;/h3-4,6-7,14H,5,8-12H2,1-2H3,(H2,18,19,20);1H. The highest BCUT2D eigenvalue weighted by molar-refractivity contribution is 14.0. The summed E-state index contributed by atoms with van der Waals surface area (Å²) in [6, 6.07) is 8.69. The maximum absolute atomic E-state index is 5.79. The quantitative estimate of drug-likeness (QED) is 0.452. The van der Waals surface area contributed by atoms with Crippen LogP contribution in [0, 0.1) is 0 Å². The number of rotatable bonds is 4. The van der Waals surface area contributed by atoms with Gasteiger partial charge in [0.2, 0.25) is 0 Å². The number of nitrogens with one attached hydrogen (secondary N) is 2. The zero-order chi connectivity index (χ0) is 14.7. The van der Waals surface area contributed by atoms with E-state index in [0.29, 0.717) is 5.92 Å². The van der Waals surface area contributed by atoms with Crippen LogP contribution in [0.15, 0.2) is 29.3 Å². The number of hydrogen-bond donors (Lipinski definition) is 2. The minimum Gasteiger partial charge on any atom is -0.373 e. The van der Waals surface area contributed by atoms with Gasteiger partial charge in [0.15, 0.2) is 5.96 Å². The molecule has 0 radical (unpaired) electrons. The van der Waals surface area contributed by atoms with Gasteiger partial charge in [-0.15, -0.1) is 24.0 Å². The van der Waals surface area contributed by atoms with Crippen molar-refractivity contribution in [2.45, 2.75) is 37.7 Å². The fourth-order valence-corrected chi connectivity index (χ4v) is 3.23. The average molecular weight is 415 g/mol. The lowest BCUT2D eigenvalue weighted by molar-refractivity contribution is 0.0243. The van der Waals surface area contributed by atoms with E-state index in [9.17, 15) is 0 Å². The van der Waals surface area contributed by atoms with Crippen molar-refractivity contribution in [3.8, 4) is 0 Å². The molecule has 1 heterocycles. The fraction of sp³-hybridized carbons (Fsp3) is 0.588. The Balaban J connectivity index is 0.00000176. The number of fused-ring (bicyclic) bond motifs is 1. The minimum absolute atomic E-state index is 0. The summed E-state index contributed by atoms with van der Waals surface area (Å²) in [6.07, 6.45) is 3.44. The maximum Gasteiger partial charge on any atom is 0.191 e. The summed E-state index contributed by atoms with van der Waals surface area (Å²) >= 11 is 0. The Morgan fingerprint density at radius 3 is 2.86 bits per heavy atom. The van der Waals surface area contributed by atoms with Crippen LogP contribution in [0.3, 0.4) is 0 Å². The smallest absolute Gasteiger partial charge is 0.191 e. The number of halogens is 1. The third-order valence-electron chi connectivity index (χ3n) is 4.63. The third kappa shape index (κ3) is 3.93. The number of hydrogen-bond acceptors (Lipinski definition) is 2. The molecule has 22 heavy (non-hydrogen) atoms. The van der Waals surface area contributed by atoms with Crippen LogP contribution >= 0.6 is 24.0 Å². The normalized spacial score (nSPS) is 26.6. The van der Waals surface area contributed by atoms with Gasteiger partial charge in [-0.2, -0.15) is 0 Å². The Kier molecular flexibility index (Phi) is 6.09. The molecule has 2 unspecified atom stereocenters. The molecule has 0 bridgehead atoms. The highest BCUT2D eigenvalue weighted by Crippen LogP contribution is 2.33. The Bertz CT molecular complexity index is 526. The molecule has 2 aliphatic rings. The molecule has 1 aromatic carbocycles. The number of benzene rings is 1. The lowest BCUT2D eigenvalue weighted by atomic mass is 9.78. The Morgan fingerprint density at radius 2 is 2.18 bits per heavy atom. The number of aliphatic imine (C=N–C) groups is 1. The Morgan fingerprint density at radius 1 is 1.36 bits per heavy atom. The number of ether oxygens (including phenoxy) is 1. The van der Waals surface area contributed by atoms with Crippen LogP contribution in [-0.4, -0.2) is 38.3 Å². The van der Waals surface area contributed by atoms with E-state index in [4.69, 9.17) is 4.74 Å². The van der Waals surface area contributed by atoms with Crippen molar-refractivity contribution in [1.82, 2.24) is 10.6 Å². The van der Waals surface area contributed by atoms with Crippen molar-refractivity contribution in [1.29, 1.82) is 0 Å². The molecule has 1 aliphatic heterocycles. The van der Waals surface area contributed by atoms with Crippen LogP contribution in [0.25, 0.3) is 0 Å². The van der Waals surface area contributed by atoms with E-state index < -0.39 is 0 Å². The number of nitrogens with zero attached hydrogens (tertiary/aromatic N) is 1. The van der Waals surface area contributed by atoms with Crippen molar-refractivity contribution in [2.24, 2.45) is 4.99 Å². The van der Waals surface area contributed by atoms with E-state index >= 15 is 0 Å². The zero-order valence-electron chi connectivity index (χ0n) is 13.4. The van der Waals surface area contributed by atoms with Gasteiger partial charge in [0.1, 0.15) is 0 Å². The van der Waals surface area contributed by atoms with Gasteiger partial charge in [-0.3, -0.25) is 4.99 Å². The number of guanidine groups is 1. The highest BCUT2D eigenvalue weighted by Gasteiger charge is 2.30. The molecule has 1 aliphatic carbocycles. The van der Waals surface area contributed by atoms with Gasteiger partial charge in [-0.25, -0.2) is 0 Å². The average Bonchev–Trinajstić information content (AvgIpc) is 2.90. The predicted octanol–water partition coefficient (Wildman–Crippen LogP) is 2.68. The summed E-state index contributed by atoms with van der Waals surface area (Å²) in [4.78, 5) is 4.31. The first-order chi connectivity index (χ1) is 10.2. The molecular formula is C17H26IN3O. The summed E-state index contributed by atoms with van der Waals surface area (Å²) in [7, 11) is 1.82. The van der Waals surface area contributed by atoms with Crippen molar-refractivity contribution in [2.75, 3.05) is 26.7 Å². The van der Waals surface area contributed by atoms with E-state index in [-0.39, 0.29) is 29.6 Å². The van der Waals surface area contributed by atoms with E-state index in [2.05, 4.69) is 46.8 Å². The topological polar surface area (TPSA) is 45.7 Å². The molecule has 1 fully saturated rings. The molecule has 1 saturated heterocycles. The van der Waals surface area contributed by atoms with Gasteiger partial charge >= 0.3 is 0 Å². The van der Waals surface area contributed by atoms with Crippen molar-refractivity contribution >= 4 is 29.9 Å². The van der Waals surface area contributed by atoms with Gasteiger partial charge in [0.25, 0.3) is 0 Å². The van der Waals surface area contributed by atoms with Crippen molar-refractivity contribution < 1.29 is 4.74 Å². The largest absolute Gasteiger partial charge is 0.373 e. The molecule has 0 aromatic heterocycles. The third-order valence-corrected chi connectivity index (χ3v) is 4.63. The van der Waals surface area contributed by atoms with Gasteiger partial charge in [-0.05, 0) is 37.3 Å². The Labute approximate surface area is 150 Å². The molecule has 2 N–H and O–H groups in total. The van der Waals surface area contributed by atoms with Crippen molar-refractivity contribution in [3.63, 3.8) is 0 Å². The molecule has 0 amide bonds. The molecule has 5 heteroatoms. The summed E-state index contributed by atoms with van der Waals surface area (Å²) in [5.74, 6) is 1.48. The van der Waals surface area contributed by atoms with Crippen molar-refractivity contribution in [3.05, 3.63) is 35.4 Å². The van der Waals surface area contributed by atoms with Crippen LogP contribution in [0.4, 0.5) is 0 Å². The van der Waals surface area contributed by atoms with Gasteiger partial charge in [0.05, 0.1) is 5.60 Å². The molecule has 4 nitrogen and oxygen atoms in total. The van der Waals surface area contributed by atoms with Gasteiger partial charge < -0.3 is 15.4 Å². The Hall–Kier alpha value is -0.820. The SMILES string of the molecule is CN=C(NCC1Cc2ccccc21)NCC1(C)CCCO1.I. The van der Waals surface area contributed by atoms with Crippen LogP contribution < -0.4 is 10.6 Å². The second-order valence-corrected chi connectivity index (χ2v) is 6.31. The second kappa shape index (κ2) is 7.64. The predicted molar refractivity (Wildman–Crippen MR) is 101 cm³/mol. The first-order valence-corrected chi connectivity index (χ1v) is 7.86. The molecule has 3 rings (SSSR count). The molecule has 122 valence electrons. The lowest BCUT2D eigenvalue weighted by Crippen LogP contribution is -2.47. The molecular weight excluding hydrogens is 389 g/mol. The molecule has 2 atom stereocenters. The van der Waals surface area contributed by atoms with Crippen LogP contribution in [0.1, 0.15) is 36.8 Å². The highest BCUT2D eigenvalue weighted by atomic mass is 127. The van der Waals surface area contributed by atoms with Gasteiger partial charge in [-0.1, -0.05) is 24.3 Å². The van der Waals surface area contributed by atoms with Crippen LogP contribution in [0.2, 0.25) is 0 Å². The first-order valence-electron chi connectivity index (χ1n) is 7.86. The van der Waals surface area contributed by atoms with E-state index in [0.717, 1.165) is 38.5 Å². The lowest BCUT2D eigenvalue weighted by Gasteiger charge is -2.31. The molecule has 0 spiro atoms. The minimum atomic E-state index is -0.0410. The van der Waals surface area contributed by atoms with E-state index in [1.165, 1.54) is 17.5 Å². The second-order valence-electron chi connectivity index (χ2n) is 6.31. The van der Waals surface area contributed by atoms with Crippen LogP contribution in [-0.2, 0) is 11.2 Å². The molecule has 1 aromatic rings. The van der Waals surface area contributed by atoms with E-state index in [1.807, 2.05) is 7.05 Å². The molecule has 0 saturated carbocycles. The van der Waals surface area contributed by atoms with Gasteiger partial charge in [0, 0.05) is 32.7 Å². The summed E-state index contributed by atoms with van der Waals surface area (Å²) in [6.45, 7) is 4.80. The summed E-state index contributed by atoms with van der Waals surface area (Å²) in [5.41, 5.74) is 2.92.